The highest BCUT2D eigenvalue weighted by molar-refractivity contribution is 5.05. The zero-order chi connectivity index (χ0) is 16.5. The molecular formula is C21H37NO. The van der Waals surface area contributed by atoms with E-state index in [0.29, 0.717) is 0 Å². The van der Waals surface area contributed by atoms with Crippen molar-refractivity contribution in [1.82, 2.24) is 0 Å². The zero-order valence-corrected chi connectivity index (χ0v) is 15.5. The van der Waals surface area contributed by atoms with Gasteiger partial charge in [-0.05, 0) is 50.9 Å². The van der Waals surface area contributed by atoms with Crippen LogP contribution < -0.4 is 0 Å². The zero-order valence-electron chi connectivity index (χ0n) is 15.5. The van der Waals surface area contributed by atoms with E-state index in [9.17, 15) is 5.26 Å². The van der Waals surface area contributed by atoms with Crippen LogP contribution in [0.3, 0.4) is 0 Å². The highest BCUT2D eigenvalue weighted by Crippen LogP contribution is 2.43. The third kappa shape index (κ3) is 5.79. The van der Waals surface area contributed by atoms with Crippen molar-refractivity contribution in [2.75, 3.05) is 0 Å². The Morgan fingerprint density at radius 1 is 1.00 bits per heavy atom. The Morgan fingerprint density at radius 2 is 1.65 bits per heavy atom. The molecule has 1 atom stereocenters. The maximum absolute atomic E-state index is 9.72. The first-order valence-electron chi connectivity index (χ1n) is 10.3. The average molecular weight is 320 g/mol. The summed E-state index contributed by atoms with van der Waals surface area (Å²) in [7, 11) is 0. The van der Waals surface area contributed by atoms with Gasteiger partial charge in [-0.15, -0.1) is 0 Å². The van der Waals surface area contributed by atoms with Crippen LogP contribution >= 0.6 is 0 Å². The summed E-state index contributed by atoms with van der Waals surface area (Å²) in [4.78, 5) is 0. The first-order valence-corrected chi connectivity index (χ1v) is 10.3. The number of unbranched alkanes of at least 4 members (excludes halogenated alkanes) is 3. The van der Waals surface area contributed by atoms with Crippen molar-refractivity contribution in [3.63, 3.8) is 0 Å². The van der Waals surface area contributed by atoms with E-state index in [2.05, 4.69) is 19.9 Å². The predicted octanol–water partition coefficient (Wildman–Crippen LogP) is 6.39. The maximum atomic E-state index is 9.72. The molecule has 2 saturated carbocycles. The van der Waals surface area contributed by atoms with Crippen LogP contribution in [-0.2, 0) is 4.74 Å². The topological polar surface area (TPSA) is 33.0 Å². The lowest BCUT2D eigenvalue weighted by molar-refractivity contribution is -0.0842. The summed E-state index contributed by atoms with van der Waals surface area (Å²) in [6, 6.07) is 2.55. The molecule has 0 aromatic heterocycles. The summed E-state index contributed by atoms with van der Waals surface area (Å²) in [5, 5.41) is 9.72. The minimum atomic E-state index is -0.477. The molecule has 0 heterocycles. The smallest absolute Gasteiger partial charge is 0.154 e. The molecule has 2 aliphatic rings. The van der Waals surface area contributed by atoms with Crippen molar-refractivity contribution in [1.29, 1.82) is 5.26 Å². The van der Waals surface area contributed by atoms with Gasteiger partial charge in [0.05, 0.1) is 12.2 Å². The molecular weight excluding hydrogens is 282 g/mol. The van der Waals surface area contributed by atoms with Crippen molar-refractivity contribution in [3.8, 4) is 6.07 Å². The molecule has 0 bridgehead atoms. The van der Waals surface area contributed by atoms with Crippen LogP contribution in [0, 0.1) is 23.2 Å². The fourth-order valence-electron chi connectivity index (χ4n) is 4.74. The van der Waals surface area contributed by atoms with E-state index < -0.39 is 5.60 Å². The lowest BCUT2D eigenvalue weighted by Gasteiger charge is -2.40. The SMILES string of the molecule is CCCCCCC(C)O[C@]1(C#N)CC[C@@H](C2CCCCC2)CC1. The average Bonchev–Trinajstić information content (AvgIpc) is 2.60. The monoisotopic (exact) mass is 319 g/mol. The molecule has 23 heavy (non-hydrogen) atoms. The van der Waals surface area contributed by atoms with Crippen LogP contribution in [-0.4, -0.2) is 11.7 Å². The standard InChI is InChI=1S/C21H37NO/c1-3-4-5-7-10-18(2)23-21(17-22)15-13-20(14-16-21)19-11-8-6-9-12-19/h18-20H,3-16H2,1-2H3/t18?,20-,21-. The van der Waals surface area contributed by atoms with Gasteiger partial charge in [0.2, 0.25) is 0 Å². The van der Waals surface area contributed by atoms with E-state index in [4.69, 9.17) is 4.74 Å². The summed E-state index contributed by atoms with van der Waals surface area (Å²) in [5.74, 6) is 1.80. The van der Waals surface area contributed by atoms with Crippen molar-refractivity contribution in [2.24, 2.45) is 11.8 Å². The maximum Gasteiger partial charge on any atom is 0.154 e. The number of nitriles is 1. The molecule has 0 spiro atoms. The van der Waals surface area contributed by atoms with E-state index in [-0.39, 0.29) is 6.10 Å². The van der Waals surface area contributed by atoms with E-state index in [0.717, 1.165) is 31.1 Å². The van der Waals surface area contributed by atoms with Gasteiger partial charge in [0.15, 0.2) is 5.60 Å². The molecule has 0 aromatic rings. The van der Waals surface area contributed by atoms with Crippen LogP contribution in [0.5, 0.6) is 0 Å². The van der Waals surface area contributed by atoms with Crippen molar-refractivity contribution < 1.29 is 4.74 Å². The molecule has 132 valence electrons. The van der Waals surface area contributed by atoms with Crippen molar-refractivity contribution >= 4 is 0 Å². The highest BCUT2D eigenvalue weighted by Gasteiger charge is 2.39. The van der Waals surface area contributed by atoms with Crippen molar-refractivity contribution in [3.05, 3.63) is 0 Å². The molecule has 2 fully saturated rings. The molecule has 0 saturated heterocycles. The van der Waals surface area contributed by atoms with E-state index >= 15 is 0 Å². The summed E-state index contributed by atoms with van der Waals surface area (Å²) >= 11 is 0. The molecule has 0 aromatic carbocycles. The molecule has 0 N–H and O–H groups in total. The summed E-state index contributed by atoms with van der Waals surface area (Å²) < 4.78 is 6.28. The van der Waals surface area contributed by atoms with Gasteiger partial charge in [0, 0.05) is 0 Å². The van der Waals surface area contributed by atoms with Gasteiger partial charge in [0.1, 0.15) is 0 Å². The second kappa shape index (κ2) is 9.67. The van der Waals surface area contributed by atoms with Gasteiger partial charge in [-0.1, -0.05) is 64.7 Å². The van der Waals surface area contributed by atoms with Crippen LogP contribution in [0.25, 0.3) is 0 Å². The minimum absolute atomic E-state index is 0.234. The minimum Gasteiger partial charge on any atom is -0.357 e. The van der Waals surface area contributed by atoms with Gasteiger partial charge in [-0.3, -0.25) is 0 Å². The summed E-state index contributed by atoms with van der Waals surface area (Å²) in [6.45, 7) is 4.41. The molecule has 0 radical (unpaired) electrons. The molecule has 2 rings (SSSR count). The normalized spacial score (nSPS) is 30.7. The Labute approximate surface area is 144 Å². The second-order valence-corrected chi connectivity index (χ2v) is 8.12. The van der Waals surface area contributed by atoms with Crippen LogP contribution in [0.15, 0.2) is 0 Å². The van der Waals surface area contributed by atoms with Gasteiger partial charge in [0.25, 0.3) is 0 Å². The molecule has 2 aliphatic carbocycles. The van der Waals surface area contributed by atoms with Crippen LogP contribution in [0.1, 0.15) is 104 Å². The molecule has 0 aliphatic heterocycles. The summed E-state index contributed by atoms with van der Waals surface area (Å²) in [6.07, 6.45) is 18.0. The Kier molecular flexibility index (Phi) is 7.90. The number of hydrogen-bond donors (Lipinski definition) is 0. The third-order valence-corrected chi connectivity index (χ3v) is 6.25. The quantitative estimate of drug-likeness (QED) is 0.485. The first-order chi connectivity index (χ1) is 11.2. The van der Waals surface area contributed by atoms with E-state index in [1.54, 1.807) is 0 Å². The first kappa shape index (κ1) is 18.8. The van der Waals surface area contributed by atoms with Gasteiger partial charge < -0.3 is 4.74 Å². The van der Waals surface area contributed by atoms with E-state index in [1.165, 1.54) is 70.6 Å². The number of nitrogens with zero attached hydrogens (tertiary/aromatic N) is 1. The second-order valence-electron chi connectivity index (χ2n) is 8.12. The largest absolute Gasteiger partial charge is 0.357 e. The van der Waals surface area contributed by atoms with Crippen LogP contribution in [0.4, 0.5) is 0 Å². The molecule has 2 nitrogen and oxygen atoms in total. The fourth-order valence-corrected chi connectivity index (χ4v) is 4.74. The fraction of sp³-hybridized carbons (Fsp3) is 0.952. The van der Waals surface area contributed by atoms with Gasteiger partial charge >= 0.3 is 0 Å². The Hall–Kier alpha value is -0.550. The number of rotatable bonds is 8. The van der Waals surface area contributed by atoms with Crippen molar-refractivity contribution in [2.45, 2.75) is 115 Å². The Balaban J connectivity index is 1.75. The van der Waals surface area contributed by atoms with Crippen LogP contribution in [0.2, 0.25) is 0 Å². The Morgan fingerprint density at radius 3 is 2.26 bits per heavy atom. The lowest BCUT2D eigenvalue weighted by Crippen LogP contribution is -2.40. The summed E-state index contributed by atoms with van der Waals surface area (Å²) in [5.41, 5.74) is -0.477. The lowest BCUT2D eigenvalue weighted by atomic mass is 9.70. The number of ether oxygens (including phenoxy) is 1. The van der Waals surface area contributed by atoms with Gasteiger partial charge in [-0.25, -0.2) is 0 Å². The third-order valence-electron chi connectivity index (χ3n) is 6.25. The van der Waals surface area contributed by atoms with Gasteiger partial charge in [-0.2, -0.15) is 5.26 Å². The molecule has 2 heteroatoms. The highest BCUT2D eigenvalue weighted by atomic mass is 16.5. The van der Waals surface area contributed by atoms with E-state index in [1.807, 2.05) is 0 Å². The molecule has 1 unspecified atom stereocenters. The number of hydrogen-bond acceptors (Lipinski definition) is 2. The predicted molar refractivity (Wildman–Crippen MR) is 96.2 cm³/mol. The molecule has 0 amide bonds. The Bertz CT molecular complexity index is 359.